The SMILES string of the molecule is CC(C)[C@H](NC(=O)C1CSSC[C@H](NC(=O)[C@@H](N)CCC(=O)O)C(=O)NC(Cc2ccccc2)C(=O)N[C@@H](Cc2c[nH]c3ccccc23)C(=O)NN(CCCCN)S(=O)(=O)NC(Cc2ccc(O)cc2)C(=O)N1)C(=O)O. The first-order chi connectivity index (χ1) is 36.1. The minimum atomic E-state index is -4.97. The fourth-order valence-electron chi connectivity index (χ4n) is 7.80. The number of carboxylic acids is 2. The summed E-state index contributed by atoms with van der Waals surface area (Å²) in [4.78, 5) is 113. The summed E-state index contributed by atoms with van der Waals surface area (Å²) < 4.78 is 32.3. The molecule has 5 rings (SSSR count). The molecular formula is C49H65N11O13S3. The van der Waals surface area contributed by atoms with Gasteiger partial charge in [-0.25, -0.2) is 4.79 Å². The van der Waals surface area contributed by atoms with Gasteiger partial charge in [0.2, 0.25) is 29.5 Å². The lowest BCUT2D eigenvalue weighted by atomic mass is 10.0. The van der Waals surface area contributed by atoms with Crippen LogP contribution in [0, 0.1) is 5.92 Å². The van der Waals surface area contributed by atoms with Crippen molar-refractivity contribution < 1.29 is 62.1 Å². The molecule has 24 nitrogen and oxygen atoms in total. The number of aromatic amines is 1. The van der Waals surface area contributed by atoms with Gasteiger partial charge in [0.05, 0.1) is 6.04 Å². The number of carbonyl (C=O) groups is 8. The molecule has 1 fully saturated rings. The van der Waals surface area contributed by atoms with E-state index >= 15 is 0 Å². The van der Waals surface area contributed by atoms with Crippen molar-refractivity contribution in [2.75, 3.05) is 24.6 Å². The molecule has 0 spiro atoms. The molecule has 76 heavy (non-hydrogen) atoms. The Morgan fingerprint density at radius 2 is 1.39 bits per heavy atom. The molecule has 1 aromatic heterocycles. The van der Waals surface area contributed by atoms with Crippen LogP contribution in [0.1, 0.15) is 56.2 Å². The first-order valence-electron chi connectivity index (χ1n) is 24.3. The van der Waals surface area contributed by atoms with E-state index in [9.17, 15) is 62.1 Å². The molecule has 2 heterocycles. The number of aromatic nitrogens is 1. The number of hydrazine groups is 1. The van der Waals surface area contributed by atoms with Gasteiger partial charge >= 0.3 is 11.9 Å². The molecule has 1 aliphatic heterocycles. The number of unbranched alkanes of at least 4 members (excludes halogenated alkanes) is 1. The van der Waals surface area contributed by atoms with Crippen LogP contribution in [0.15, 0.2) is 85.1 Å². The van der Waals surface area contributed by atoms with Crippen molar-refractivity contribution in [3.05, 3.63) is 102 Å². The van der Waals surface area contributed by atoms with E-state index in [0.29, 0.717) is 32.0 Å². The number of rotatable bonds is 19. The van der Waals surface area contributed by atoms with Gasteiger partial charge in [-0.1, -0.05) is 96.1 Å². The lowest BCUT2D eigenvalue weighted by Crippen LogP contribution is -2.62. The van der Waals surface area contributed by atoms with E-state index in [4.69, 9.17) is 11.5 Å². The van der Waals surface area contributed by atoms with Crippen molar-refractivity contribution >= 4 is 90.1 Å². The minimum absolute atomic E-state index is 0.0943. The zero-order valence-electron chi connectivity index (χ0n) is 41.7. The summed E-state index contributed by atoms with van der Waals surface area (Å²) in [7, 11) is -3.15. The highest BCUT2D eigenvalue weighted by atomic mass is 33.1. The average molecular weight is 1110 g/mol. The first-order valence-corrected chi connectivity index (χ1v) is 28.2. The molecule has 7 atom stereocenters. The monoisotopic (exact) mass is 1110 g/mol. The summed E-state index contributed by atoms with van der Waals surface area (Å²) in [5.74, 6) is -9.83. The van der Waals surface area contributed by atoms with Crippen molar-refractivity contribution in [1.82, 2.24) is 46.1 Å². The number of benzene rings is 3. The van der Waals surface area contributed by atoms with Crippen molar-refractivity contribution in [1.29, 1.82) is 0 Å². The number of aromatic hydroxyl groups is 1. The Balaban J connectivity index is 1.64. The first kappa shape index (κ1) is 60.1. The number of hydrogen-bond acceptors (Lipinski definition) is 15. The summed E-state index contributed by atoms with van der Waals surface area (Å²) >= 11 is 0. The van der Waals surface area contributed by atoms with Crippen LogP contribution in [0.25, 0.3) is 10.9 Å². The maximum Gasteiger partial charge on any atom is 0.326 e. The lowest BCUT2D eigenvalue weighted by molar-refractivity contribution is -0.143. The van der Waals surface area contributed by atoms with Gasteiger partial charge < -0.3 is 58.4 Å². The van der Waals surface area contributed by atoms with Crippen molar-refractivity contribution in [2.45, 2.75) is 101 Å². The minimum Gasteiger partial charge on any atom is -0.508 e. The number of carboxylic acid groups (broad SMARTS) is 2. The van der Waals surface area contributed by atoms with E-state index < -0.39 is 119 Å². The zero-order chi connectivity index (χ0) is 55.5. The highest BCUT2D eigenvalue weighted by Crippen LogP contribution is 2.25. The third-order valence-corrected chi connectivity index (χ3v) is 15.9. The smallest absolute Gasteiger partial charge is 0.326 e. The number of nitrogens with one attached hydrogen (secondary N) is 8. The second-order valence-electron chi connectivity index (χ2n) is 18.3. The van der Waals surface area contributed by atoms with Crippen LogP contribution in [-0.2, 0) is 67.8 Å². The molecule has 0 saturated carbocycles. The summed E-state index contributed by atoms with van der Waals surface area (Å²) in [6, 6.07) is 10.4. The Bertz CT molecular complexity index is 2770. The van der Waals surface area contributed by atoms with Gasteiger partial charge in [-0.15, -0.1) is 4.41 Å². The molecule has 412 valence electrons. The Hall–Kier alpha value is -6.75. The van der Waals surface area contributed by atoms with Crippen molar-refractivity contribution in [3.63, 3.8) is 0 Å². The number of hydrogen-bond donors (Lipinski definition) is 13. The Morgan fingerprint density at radius 3 is 2.07 bits per heavy atom. The largest absolute Gasteiger partial charge is 0.508 e. The molecule has 27 heteroatoms. The van der Waals surface area contributed by atoms with E-state index in [1.165, 1.54) is 24.3 Å². The molecule has 4 aromatic rings. The molecule has 3 unspecified atom stereocenters. The molecule has 0 aliphatic carbocycles. The topological polar surface area (TPSA) is 387 Å². The van der Waals surface area contributed by atoms with E-state index in [2.05, 4.69) is 41.7 Å². The molecule has 0 radical (unpaired) electrons. The van der Waals surface area contributed by atoms with Crippen LogP contribution in [0.5, 0.6) is 5.75 Å². The third kappa shape index (κ3) is 18.2. The second-order valence-corrected chi connectivity index (χ2v) is 22.4. The predicted molar refractivity (Wildman–Crippen MR) is 285 cm³/mol. The number of para-hydroxylation sites is 1. The Kier molecular flexibility index (Phi) is 22.9. The molecule has 1 aliphatic rings. The number of aliphatic carboxylic acids is 2. The highest BCUT2D eigenvalue weighted by Gasteiger charge is 2.37. The number of fused-ring (bicyclic) bond motifs is 1. The van der Waals surface area contributed by atoms with Gasteiger partial charge in [0.15, 0.2) is 0 Å². The Labute approximate surface area is 446 Å². The molecular weight excluding hydrogens is 1050 g/mol. The van der Waals surface area contributed by atoms with E-state index in [0.717, 1.165) is 21.6 Å². The van der Waals surface area contributed by atoms with Crippen LogP contribution in [0.3, 0.4) is 0 Å². The van der Waals surface area contributed by atoms with Crippen LogP contribution in [-0.4, -0.2) is 147 Å². The van der Waals surface area contributed by atoms with Gasteiger partial charge in [0, 0.05) is 54.4 Å². The number of carbonyl (C=O) groups excluding carboxylic acids is 6. The molecule has 6 amide bonds. The normalized spacial score (nSPS) is 21.2. The highest BCUT2D eigenvalue weighted by molar-refractivity contribution is 8.76. The number of amides is 6. The van der Waals surface area contributed by atoms with Crippen molar-refractivity contribution in [2.24, 2.45) is 17.4 Å². The quantitative estimate of drug-likeness (QED) is 0.0432. The van der Waals surface area contributed by atoms with Crippen LogP contribution < -0.4 is 48.2 Å². The number of nitrogens with two attached hydrogens (primary N) is 2. The lowest BCUT2D eigenvalue weighted by Gasteiger charge is -2.30. The summed E-state index contributed by atoms with van der Waals surface area (Å²) in [6.45, 7) is 2.82. The second kappa shape index (κ2) is 29.0. The fourth-order valence-corrected chi connectivity index (χ4v) is 11.4. The van der Waals surface area contributed by atoms with Crippen LogP contribution in [0.2, 0.25) is 0 Å². The Morgan fingerprint density at radius 1 is 0.776 bits per heavy atom. The number of nitrogens with zero attached hydrogens (tertiary/aromatic N) is 1. The van der Waals surface area contributed by atoms with E-state index in [-0.39, 0.29) is 62.3 Å². The summed E-state index contributed by atoms with van der Waals surface area (Å²) in [5.41, 5.74) is 16.4. The molecule has 3 aromatic carbocycles. The van der Waals surface area contributed by atoms with Gasteiger partial charge in [-0.05, 0) is 73.0 Å². The van der Waals surface area contributed by atoms with Crippen LogP contribution >= 0.6 is 21.6 Å². The summed E-state index contributed by atoms with van der Waals surface area (Å²) in [5, 5.41) is 42.8. The molecule has 0 bridgehead atoms. The average Bonchev–Trinajstić information content (AvgIpc) is 3.79. The van der Waals surface area contributed by atoms with Gasteiger partial charge in [-0.3, -0.25) is 39.0 Å². The standard InChI is InChI=1S/C49H65N11O13S3/c1-28(2)42(49(70)71)57-47(68)40-27-75-74-26-39(55-43(64)34(51)18-19-41(62)63)46(67)53-36(22-29-10-4-3-5-11-29)44(65)54-37(24-31-25-52-35-13-7-6-12-33(31)35)48(69)58-60(21-9-8-20-50)76(72,73)59-38(45(66)56-40)23-30-14-16-32(61)17-15-30/h3-7,10-17,25,28,34,36-40,42,52,59,61H,8-9,18-24,26-27,50-51H2,1-2H3,(H,53,67)(H,54,65)(H,55,64)(H,56,66)(H,57,68)(H,58,69)(H,62,63)(H,70,71)/t34-,36?,37-,38?,39-,40?,42-/m0/s1. The number of phenolic OH excluding ortho intramolecular Hbond substituents is 1. The van der Waals surface area contributed by atoms with Gasteiger partial charge in [0.1, 0.15) is 42.0 Å². The van der Waals surface area contributed by atoms with Gasteiger partial charge in [0.25, 0.3) is 16.1 Å². The summed E-state index contributed by atoms with van der Waals surface area (Å²) in [6.07, 6.45) is 0.460. The number of phenols is 1. The fraction of sp³-hybridized carbons (Fsp3) is 0.429. The van der Waals surface area contributed by atoms with E-state index in [1.807, 2.05) is 0 Å². The maximum atomic E-state index is 14.8. The van der Waals surface area contributed by atoms with Crippen molar-refractivity contribution in [3.8, 4) is 5.75 Å². The van der Waals surface area contributed by atoms with Crippen LogP contribution in [0.4, 0.5) is 0 Å². The molecule has 15 N–H and O–H groups in total. The third-order valence-electron chi connectivity index (χ3n) is 12.0. The predicted octanol–water partition coefficient (Wildman–Crippen LogP) is -0.0718. The van der Waals surface area contributed by atoms with E-state index in [1.54, 1.807) is 74.6 Å². The number of H-pyrrole nitrogens is 1. The maximum absolute atomic E-state index is 14.8. The zero-order valence-corrected chi connectivity index (χ0v) is 44.2. The molecule has 1 saturated heterocycles. The van der Waals surface area contributed by atoms with Gasteiger partial charge in [-0.2, -0.15) is 13.1 Å².